The van der Waals surface area contributed by atoms with E-state index in [9.17, 15) is 4.79 Å². The lowest BCUT2D eigenvalue weighted by molar-refractivity contribution is 0.565. The Bertz CT molecular complexity index is 352. The lowest BCUT2D eigenvalue weighted by Crippen LogP contribution is -1.90. The Hall–Kier alpha value is -1.60. The molecule has 0 aliphatic rings. The maximum absolute atomic E-state index is 10.1. The van der Waals surface area contributed by atoms with Crippen LogP contribution in [0.25, 0.3) is 0 Å². The van der Waals surface area contributed by atoms with Crippen LogP contribution < -0.4 is 5.73 Å². The van der Waals surface area contributed by atoms with Crippen LogP contribution in [0.3, 0.4) is 0 Å². The van der Waals surface area contributed by atoms with Crippen LogP contribution >= 0.6 is 0 Å². The number of anilines is 1. The summed E-state index contributed by atoms with van der Waals surface area (Å²) in [7, 11) is 0. The molecule has 1 aromatic rings. The molecule has 0 atom stereocenters. The summed E-state index contributed by atoms with van der Waals surface area (Å²) < 4.78 is 0. The predicted molar refractivity (Wildman–Crippen MR) is 48.1 cm³/mol. The van der Waals surface area contributed by atoms with Gasteiger partial charge < -0.3 is 5.73 Å². The Morgan fingerprint density at radius 3 is 2.67 bits per heavy atom. The fourth-order valence-electron chi connectivity index (χ4n) is 1.07. The van der Waals surface area contributed by atoms with Gasteiger partial charge >= 0.3 is 0 Å². The van der Waals surface area contributed by atoms with Crippen molar-refractivity contribution in [3.8, 4) is 0 Å². The van der Waals surface area contributed by atoms with E-state index in [4.69, 9.17) is 5.73 Å². The van der Waals surface area contributed by atoms with Crippen molar-refractivity contribution in [2.24, 2.45) is 4.99 Å². The Labute approximate surface area is 70.9 Å². The summed E-state index contributed by atoms with van der Waals surface area (Å²) in [5.41, 5.74) is 8.67. The fourth-order valence-corrected chi connectivity index (χ4v) is 1.07. The molecule has 62 valence electrons. The second-order valence-corrected chi connectivity index (χ2v) is 2.65. The molecule has 0 saturated carbocycles. The molecule has 2 N–H and O–H groups in total. The minimum atomic E-state index is 0.630. The molecule has 0 bridgehead atoms. The Kier molecular flexibility index (Phi) is 2.26. The maximum Gasteiger partial charge on any atom is 0.240 e. The van der Waals surface area contributed by atoms with Crippen molar-refractivity contribution in [2.45, 2.75) is 13.8 Å². The summed E-state index contributed by atoms with van der Waals surface area (Å²) in [6, 6.07) is 3.63. The van der Waals surface area contributed by atoms with Crippen molar-refractivity contribution in [2.75, 3.05) is 5.73 Å². The van der Waals surface area contributed by atoms with Crippen LogP contribution in [0, 0.1) is 13.8 Å². The van der Waals surface area contributed by atoms with Gasteiger partial charge in [-0.2, -0.15) is 4.99 Å². The van der Waals surface area contributed by atoms with Gasteiger partial charge in [0, 0.05) is 5.69 Å². The first kappa shape index (κ1) is 8.50. The highest BCUT2D eigenvalue weighted by atomic mass is 16.1. The number of nitrogens with two attached hydrogens (primary N) is 1. The highest BCUT2D eigenvalue weighted by Crippen LogP contribution is 2.27. The smallest absolute Gasteiger partial charge is 0.240 e. The number of aryl methyl sites for hydroxylation is 1. The molecule has 12 heavy (non-hydrogen) atoms. The SMILES string of the molecule is Cc1ccc(N)c(C)c1N=C=O. The first-order valence-electron chi connectivity index (χ1n) is 3.60. The molecule has 0 aliphatic heterocycles. The van der Waals surface area contributed by atoms with Crippen molar-refractivity contribution in [1.82, 2.24) is 0 Å². The Balaban J connectivity index is 3.42. The summed E-state index contributed by atoms with van der Waals surface area (Å²) in [5.74, 6) is 0. The third kappa shape index (κ3) is 1.36. The van der Waals surface area contributed by atoms with E-state index in [0.717, 1.165) is 11.1 Å². The lowest BCUT2D eigenvalue weighted by atomic mass is 10.1. The zero-order valence-corrected chi connectivity index (χ0v) is 7.09. The van der Waals surface area contributed by atoms with Gasteiger partial charge in [-0.3, -0.25) is 0 Å². The van der Waals surface area contributed by atoms with Gasteiger partial charge in [-0.15, -0.1) is 0 Å². The number of hydrogen-bond donors (Lipinski definition) is 1. The monoisotopic (exact) mass is 162 g/mol. The Morgan fingerprint density at radius 2 is 2.08 bits per heavy atom. The fraction of sp³-hybridized carbons (Fsp3) is 0.222. The topological polar surface area (TPSA) is 55.4 Å². The average Bonchev–Trinajstić information content (AvgIpc) is 2.06. The van der Waals surface area contributed by atoms with Crippen molar-refractivity contribution >= 4 is 17.5 Å². The molecule has 0 aliphatic carbocycles. The number of aliphatic imine (C=N–C) groups is 1. The lowest BCUT2D eigenvalue weighted by Gasteiger charge is -2.04. The molecule has 0 radical (unpaired) electrons. The first-order chi connectivity index (χ1) is 5.66. The third-order valence-corrected chi connectivity index (χ3v) is 1.83. The van der Waals surface area contributed by atoms with Gasteiger partial charge in [0.2, 0.25) is 6.08 Å². The first-order valence-corrected chi connectivity index (χ1v) is 3.60. The number of isocyanates is 1. The molecule has 1 aromatic carbocycles. The molecule has 3 nitrogen and oxygen atoms in total. The van der Waals surface area contributed by atoms with E-state index in [2.05, 4.69) is 4.99 Å². The number of hydrogen-bond acceptors (Lipinski definition) is 3. The summed E-state index contributed by atoms with van der Waals surface area (Å²) >= 11 is 0. The molecule has 0 amide bonds. The van der Waals surface area contributed by atoms with Crippen LogP contribution in [0.4, 0.5) is 11.4 Å². The molecular weight excluding hydrogens is 152 g/mol. The van der Waals surface area contributed by atoms with E-state index in [-0.39, 0.29) is 0 Å². The summed E-state index contributed by atoms with van der Waals surface area (Å²) in [6.07, 6.45) is 1.51. The number of carbonyl (C=O) groups excluding carboxylic acids is 1. The number of benzene rings is 1. The molecule has 0 saturated heterocycles. The van der Waals surface area contributed by atoms with Crippen LogP contribution in [0.5, 0.6) is 0 Å². The minimum absolute atomic E-state index is 0.630. The molecule has 0 heterocycles. The van der Waals surface area contributed by atoms with Crippen LogP contribution in [-0.4, -0.2) is 6.08 Å². The van der Waals surface area contributed by atoms with Gasteiger partial charge in [0.15, 0.2) is 0 Å². The average molecular weight is 162 g/mol. The quantitative estimate of drug-likeness (QED) is 0.389. The standard InChI is InChI=1S/C9H10N2O/c1-6-3-4-8(10)7(2)9(6)11-5-12/h3-4H,10H2,1-2H3. The molecule has 0 unspecified atom stereocenters. The molecular formula is C9H10N2O. The molecule has 0 aromatic heterocycles. The van der Waals surface area contributed by atoms with Crippen LogP contribution in [0.15, 0.2) is 17.1 Å². The van der Waals surface area contributed by atoms with E-state index in [1.807, 2.05) is 19.9 Å². The van der Waals surface area contributed by atoms with Crippen molar-refractivity contribution < 1.29 is 4.79 Å². The van der Waals surface area contributed by atoms with Gasteiger partial charge in [-0.25, -0.2) is 4.79 Å². The highest BCUT2D eigenvalue weighted by molar-refractivity contribution is 5.66. The molecule has 0 spiro atoms. The molecule has 1 rings (SSSR count). The number of rotatable bonds is 1. The van der Waals surface area contributed by atoms with Crippen molar-refractivity contribution in [3.63, 3.8) is 0 Å². The predicted octanol–water partition coefficient (Wildman–Crippen LogP) is 1.85. The summed E-state index contributed by atoms with van der Waals surface area (Å²) in [6.45, 7) is 3.71. The van der Waals surface area contributed by atoms with Gasteiger partial charge in [0.1, 0.15) is 0 Å². The van der Waals surface area contributed by atoms with Crippen molar-refractivity contribution in [3.05, 3.63) is 23.3 Å². The summed E-state index contributed by atoms with van der Waals surface area (Å²) in [5, 5.41) is 0. The zero-order valence-electron chi connectivity index (χ0n) is 7.09. The second-order valence-electron chi connectivity index (χ2n) is 2.65. The van der Waals surface area contributed by atoms with Crippen molar-refractivity contribution in [1.29, 1.82) is 0 Å². The van der Waals surface area contributed by atoms with Gasteiger partial charge in [-0.05, 0) is 31.0 Å². The Morgan fingerprint density at radius 1 is 1.42 bits per heavy atom. The minimum Gasteiger partial charge on any atom is -0.398 e. The van der Waals surface area contributed by atoms with E-state index in [1.165, 1.54) is 6.08 Å². The largest absolute Gasteiger partial charge is 0.398 e. The van der Waals surface area contributed by atoms with Crippen LogP contribution in [-0.2, 0) is 4.79 Å². The number of nitrogen functional groups attached to an aromatic ring is 1. The number of nitrogens with zero attached hydrogens (tertiary/aromatic N) is 1. The highest BCUT2D eigenvalue weighted by Gasteiger charge is 2.03. The van der Waals surface area contributed by atoms with Gasteiger partial charge in [0.05, 0.1) is 5.69 Å². The third-order valence-electron chi connectivity index (χ3n) is 1.83. The van der Waals surface area contributed by atoms with Crippen LogP contribution in [0.2, 0.25) is 0 Å². The van der Waals surface area contributed by atoms with E-state index in [1.54, 1.807) is 6.07 Å². The van der Waals surface area contributed by atoms with E-state index >= 15 is 0 Å². The van der Waals surface area contributed by atoms with Gasteiger partial charge in [0.25, 0.3) is 0 Å². The van der Waals surface area contributed by atoms with Crippen LogP contribution in [0.1, 0.15) is 11.1 Å². The maximum atomic E-state index is 10.1. The van der Waals surface area contributed by atoms with E-state index in [0.29, 0.717) is 11.4 Å². The van der Waals surface area contributed by atoms with Gasteiger partial charge in [-0.1, -0.05) is 6.07 Å². The summed E-state index contributed by atoms with van der Waals surface area (Å²) in [4.78, 5) is 13.6. The molecule has 3 heteroatoms. The second kappa shape index (κ2) is 3.20. The zero-order chi connectivity index (χ0) is 9.14. The molecule has 0 fully saturated rings. The normalized spacial score (nSPS) is 9.17. The van der Waals surface area contributed by atoms with E-state index < -0.39 is 0 Å².